The number of benzene rings is 1. The van der Waals surface area contributed by atoms with Crippen LogP contribution in [0.2, 0.25) is 5.02 Å². The van der Waals surface area contributed by atoms with Crippen molar-refractivity contribution in [3.63, 3.8) is 0 Å². The SMILES string of the molecule is CC(C)(C)N1C(=O)c2c(C=O)cc(Cl)cc2C1O. The van der Waals surface area contributed by atoms with E-state index in [-0.39, 0.29) is 17.0 Å². The zero-order chi connectivity index (χ0) is 13.7. The third kappa shape index (κ3) is 1.82. The summed E-state index contributed by atoms with van der Waals surface area (Å²) < 4.78 is 0. The number of amides is 1. The van der Waals surface area contributed by atoms with Gasteiger partial charge in [-0.3, -0.25) is 9.59 Å². The lowest BCUT2D eigenvalue weighted by molar-refractivity contribution is -0.0228. The number of hydrogen-bond acceptors (Lipinski definition) is 3. The molecule has 1 heterocycles. The lowest BCUT2D eigenvalue weighted by atomic mass is 10.0. The van der Waals surface area contributed by atoms with Crippen molar-refractivity contribution in [2.45, 2.75) is 32.5 Å². The molecule has 0 saturated carbocycles. The zero-order valence-electron chi connectivity index (χ0n) is 10.4. The van der Waals surface area contributed by atoms with E-state index in [1.165, 1.54) is 17.0 Å². The smallest absolute Gasteiger partial charge is 0.257 e. The second-order valence-electron chi connectivity index (χ2n) is 5.30. The number of halogens is 1. The third-order valence-corrected chi connectivity index (χ3v) is 3.19. The summed E-state index contributed by atoms with van der Waals surface area (Å²) in [6.45, 7) is 5.46. The molecule has 1 atom stereocenters. The maximum absolute atomic E-state index is 12.3. The summed E-state index contributed by atoms with van der Waals surface area (Å²) in [5.74, 6) is -0.344. The van der Waals surface area contributed by atoms with Gasteiger partial charge in [0.25, 0.3) is 5.91 Å². The molecule has 0 aliphatic carbocycles. The van der Waals surface area contributed by atoms with Gasteiger partial charge in [0.15, 0.2) is 12.5 Å². The normalized spacial score (nSPS) is 19.1. The molecule has 1 aliphatic rings. The fourth-order valence-corrected chi connectivity index (χ4v) is 2.47. The quantitative estimate of drug-likeness (QED) is 0.795. The molecule has 5 heteroatoms. The van der Waals surface area contributed by atoms with Gasteiger partial charge in [0, 0.05) is 21.7 Å². The van der Waals surface area contributed by atoms with Crippen molar-refractivity contribution in [3.05, 3.63) is 33.8 Å². The van der Waals surface area contributed by atoms with Gasteiger partial charge >= 0.3 is 0 Å². The Morgan fingerprint density at radius 2 is 2.00 bits per heavy atom. The van der Waals surface area contributed by atoms with Crippen LogP contribution in [0.5, 0.6) is 0 Å². The molecule has 0 radical (unpaired) electrons. The van der Waals surface area contributed by atoms with Crippen LogP contribution in [-0.2, 0) is 0 Å². The van der Waals surface area contributed by atoms with Crippen molar-refractivity contribution in [2.75, 3.05) is 0 Å². The molecule has 1 unspecified atom stereocenters. The minimum atomic E-state index is -1.06. The summed E-state index contributed by atoms with van der Waals surface area (Å²) in [6, 6.07) is 2.96. The monoisotopic (exact) mass is 267 g/mol. The molecule has 0 bridgehead atoms. The predicted octanol–water partition coefficient (Wildman–Crippen LogP) is 2.40. The number of carbonyl (C=O) groups is 2. The average Bonchev–Trinajstić information content (AvgIpc) is 2.49. The standard InChI is InChI=1S/C13H14ClNO3/c1-13(2,3)15-11(17)9-5-8(14)4-7(6-16)10(9)12(15)18/h4-6,11,17H,1-3H3. The summed E-state index contributed by atoms with van der Waals surface area (Å²) in [6.07, 6.45) is -0.480. The molecule has 18 heavy (non-hydrogen) atoms. The van der Waals surface area contributed by atoms with E-state index in [0.29, 0.717) is 16.9 Å². The van der Waals surface area contributed by atoms with Gasteiger partial charge in [-0.05, 0) is 32.9 Å². The number of hydrogen-bond donors (Lipinski definition) is 1. The molecule has 0 spiro atoms. The van der Waals surface area contributed by atoms with E-state index >= 15 is 0 Å². The number of fused-ring (bicyclic) bond motifs is 1. The summed E-state index contributed by atoms with van der Waals surface area (Å²) in [5, 5.41) is 10.6. The molecule has 96 valence electrons. The number of aliphatic hydroxyl groups is 1. The van der Waals surface area contributed by atoms with Crippen molar-refractivity contribution >= 4 is 23.8 Å². The average molecular weight is 268 g/mol. The van der Waals surface area contributed by atoms with Crippen molar-refractivity contribution in [3.8, 4) is 0 Å². The Morgan fingerprint density at radius 3 is 2.50 bits per heavy atom. The first-order valence-electron chi connectivity index (χ1n) is 5.57. The van der Waals surface area contributed by atoms with Crippen LogP contribution in [0.4, 0.5) is 0 Å². The number of nitrogens with zero attached hydrogens (tertiary/aromatic N) is 1. The van der Waals surface area contributed by atoms with E-state index in [1.807, 2.05) is 20.8 Å². The topological polar surface area (TPSA) is 57.6 Å². The summed E-state index contributed by atoms with van der Waals surface area (Å²) in [4.78, 5) is 24.7. The van der Waals surface area contributed by atoms with Crippen LogP contribution in [0.3, 0.4) is 0 Å². The minimum Gasteiger partial charge on any atom is -0.369 e. The fraction of sp³-hybridized carbons (Fsp3) is 0.385. The zero-order valence-corrected chi connectivity index (χ0v) is 11.2. The largest absolute Gasteiger partial charge is 0.369 e. The highest BCUT2D eigenvalue weighted by atomic mass is 35.5. The van der Waals surface area contributed by atoms with Crippen LogP contribution in [0, 0.1) is 0 Å². The van der Waals surface area contributed by atoms with Crippen molar-refractivity contribution in [2.24, 2.45) is 0 Å². The molecule has 1 aromatic carbocycles. The molecular weight excluding hydrogens is 254 g/mol. The van der Waals surface area contributed by atoms with Crippen LogP contribution < -0.4 is 0 Å². The van der Waals surface area contributed by atoms with Crippen LogP contribution >= 0.6 is 11.6 Å². The van der Waals surface area contributed by atoms with E-state index < -0.39 is 11.8 Å². The Balaban J connectivity index is 2.66. The molecular formula is C13H14ClNO3. The Labute approximate surface area is 110 Å². The molecule has 1 aromatic rings. The van der Waals surface area contributed by atoms with Gasteiger partial charge in [-0.1, -0.05) is 11.6 Å². The van der Waals surface area contributed by atoms with Crippen LogP contribution in [0.1, 0.15) is 53.3 Å². The van der Waals surface area contributed by atoms with E-state index in [1.54, 1.807) is 0 Å². The second-order valence-corrected chi connectivity index (χ2v) is 5.73. The van der Waals surface area contributed by atoms with Gasteiger partial charge < -0.3 is 10.0 Å². The number of rotatable bonds is 1. The molecule has 2 rings (SSSR count). The molecule has 1 N–H and O–H groups in total. The number of aldehydes is 1. The van der Waals surface area contributed by atoms with Gasteiger partial charge in [0.1, 0.15) is 0 Å². The summed E-state index contributed by atoms with van der Waals surface area (Å²) in [7, 11) is 0. The molecule has 0 fully saturated rings. The van der Waals surface area contributed by atoms with E-state index in [9.17, 15) is 14.7 Å². The van der Waals surface area contributed by atoms with Crippen LogP contribution in [-0.4, -0.2) is 27.7 Å². The minimum absolute atomic E-state index is 0.216. The second kappa shape index (κ2) is 4.07. The maximum Gasteiger partial charge on any atom is 0.257 e. The molecule has 0 saturated heterocycles. The first-order chi connectivity index (χ1) is 8.27. The highest BCUT2D eigenvalue weighted by Gasteiger charge is 2.43. The van der Waals surface area contributed by atoms with Gasteiger partial charge in [-0.25, -0.2) is 0 Å². The van der Waals surface area contributed by atoms with Crippen molar-refractivity contribution in [1.82, 2.24) is 4.90 Å². The molecule has 1 amide bonds. The van der Waals surface area contributed by atoms with Crippen LogP contribution in [0.25, 0.3) is 0 Å². The Morgan fingerprint density at radius 1 is 1.39 bits per heavy atom. The van der Waals surface area contributed by atoms with Crippen molar-refractivity contribution in [1.29, 1.82) is 0 Å². The van der Waals surface area contributed by atoms with Gasteiger partial charge in [0.05, 0.1) is 5.56 Å². The predicted molar refractivity (Wildman–Crippen MR) is 67.7 cm³/mol. The molecule has 1 aliphatic heterocycles. The maximum atomic E-state index is 12.3. The lowest BCUT2D eigenvalue weighted by Gasteiger charge is -2.34. The molecule has 4 nitrogen and oxygen atoms in total. The Kier molecular flexibility index (Phi) is 2.95. The fourth-order valence-electron chi connectivity index (χ4n) is 2.24. The van der Waals surface area contributed by atoms with Gasteiger partial charge in [-0.15, -0.1) is 0 Å². The summed E-state index contributed by atoms with van der Waals surface area (Å²) >= 11 is 5.88. The summed E-state index contributed by atoms with van der Waals surface area (Å²) in [5.41, 5.74) is 0.317. The number of carbonyl (C=O) groups excluding carboxylic acids is 2. The lowest BCUT2D eigenvalue weighted by Crippen LogP contribution is -2.43. The van der Waals surface area contributed by atoms with E-state index in [2.05, 4.69) is 0 Å². The van der Waals surface area contributed by atoms with Gasteiger partial charge in [0.2, 0.25) is 0 Å². The first kappa shape index (κ1) is 13.1. The number of aliphatic hydroxyl groups excluding tert-OH is 1. The van der Waals surface area contributed by atoms with E-state index in [4.69, 9.17) is 11.6 Å². The highest BCUT2D eigenvalue weighted by Crippen LogP contribution is 2.39. The highest BCUT2D eigenvalue weighted by molar-refractivity contribution is 6.31. The van der Waals surface area contributed by atoms with Crippen molar-refractivity contribution < 1.29 is 14.7 Å². The first-order valence-corrected chi connectivity index (χ1v) is 5.95. The third-order valence-electron chi connectivity index (χ3n) is 2.97. The van der Waals surface area contributed by atoms with Crippen LogP contribution in [0.15, 0.2) is 12.1 Å². The molecule has 0 aromatic heterocycles. The Hall–Kier alpha value is -1.39. The Bertz CT molecular complexity index is 534. The van der Waals surface area contributed by atoms with E-state index in [0.717, 1.165) is 0 Å². The van der Waals surface area contributed by atoms with Gasteiger partial charge in [-0.2, -0.15) is 0 Å².